The van der Waals surface area contributed by atoms with Crippen molar-refractivity contribution < 1.29 is 12.8 Å². The topological polar surface area (TPSA) is 95.7 Å². The summed E-state index contributed by atoms with van der Waals surface area (Å²) in [6, 6.07) is 21.2. The SMILES string of the molecule is Cc1ccc(S(=O)(=O)[C@@H](C#N)c2nc3ccccc3nc2NCc2ccc(F)cc2)cc1. The Kier molecular flexibility index (Phi) is 5.84. The van der Waals surface area contributed by atoms with Gasteiger partial charge < -0.3 is 5.32 Å². The Morgan fingerprint density at radius 2 is 1.59 bits per heavy atom. The average Bonchev–Trinajstić information content (AvgIpc) is 2.79. The van der Waals surface area contributed by atoms with E-state index in [1.165, 1.54) is 24.3 Å². The third-order valence-electron chi connectivity index (χ3n) is 5.00. The van der Waals surface area contributed by atoms with Gasteiger partial charge in [0, 0.05) is 6.54 Å². The first-order chi connectivity index (χ1) is 15.4. The summed E-state index contributed by atoms with van der Waals surface area (Å²) in [7, 11) is -4.05. The number of rotatable bonds is 6. The second kappa shape index (κ2) is 8.73. The first-order valence-corrected chi connectivity index (χ1v) is 11.4. The lowest BCUT2D eigenvalue weighted by Crippen LogP contribution is -2.17. The molecule has 0 aliphatic heterocycles. The van der Waals surface area contributed by atoms with Crippen molar-refractivity contribution in [2.75, 3.05) is 5.32 Å². The molecule has 4 rings (SSSR count). The largest absolute Gasteiger partial charge is 0.364 e. The van der Waals surface area contributed by atoms with E-state index < -0.39 is 15.1 Å². The van der Waals surface area contributed by atoms with Gasteiger partial charge in [0.05, 0.1) is 22.0 Å². The van der Waals surface area contributed by atoms with E-state index in [4.69, 9.17) is 0 Å². The Bertz CT molecular complexity index is 1410. The molecule has 0 radical (unpaired) electrons. The lowest BCUT2D eigenvalue weighted by molar-refractivity contribution is 0.590. The molecule has 0 bridgehead atoms. The van der Waals surface area contributed by atoms with Crippen LogP contribution in [0.15, 0.2) is 77.7 Å². The fourth-order valence-corrected chi connectivity index (χ4v) is 4.64. The van der Waals surface area contributed by atoms with E-state index in [2.05, 4.69) is 15.3 Å². The molecule has 0 amide bonds. The van der Waals surface area contributed by atoms with Gasteiger partial charge in [-0.2, -0.15) is 5.26 Å². The quantitative estimate of drug-likeness (QED) is 0.460. The number of hydrogen-bond acceptors (Lipinski definition) is 6. The molecule has 0 unspecified atom stereocenters. The minimum atomic E-state index is -4.05. The molecular formula is C24H19FN4O2S. The fourth-order valence-electron chi connectivity index (χ4n) is 3.26. The highest BCUT2D eigenvalue weighted by Crippen LogP contribution is 2.32. The van der Waals surface area contributed by atoms with Gasteiger partial charge in [-0.15, -0.1) is 0 Å². The third kappa shape index (κ3) is 4.29. The smallest absolute Gasteiger partial charge is 0.200 e. The van der Waals surface area contributed by atoms with Crippen molar-refractivity contribution in [2.45, 2.75) is 23.6 Å². The summed E-state index contributed by atoms with van der Waals surface area (Å²) in [6.45, 7) is 2.10. The summed E-state index contributed by atoms with van der Waals surface area (Å²) in [6.07, 6.45) is 0. The molecule has 8 heteroatoms. The molecule has 0 saturated heterocycles. The fraction of sp³-hybridized carbons (Fsp3) is 0.125. The van der Waals surface area contributed by atoms with E-state index in [0.717, 1.165) is 11.1 Å². The van der Waals surface area contributed by atoms with E-state index in [0.29, 0.717) is 11.0 Å². The van der Waals surface area contributed by atoms with Crippen molar-refractivity contribution in [3.63, 3.8) is 0 Å². The van der Waals surface area contributed by atoms with Crippen LogP contribution < -0.4 is 5.32 Å². The van der Waals surface area contributed by atoms with Gasteiger partial charge in [-0.25, -0.2) is 22.8 Å². The molecule has 32 heavy (non-hydrogen) atoms. The van der Waals surface area contributed by atoms with Crippen LogP contribution in [-0.2, 0) is 16.4 Å². The minimum absolute atomic E-state index is 0.0221. The van der Waals surface area contributed by atoms with Crippen molar-refractivity contribution in [2.24, 2.45) is 0 Å². The summed E-state index contributed by atoms with van der Waals surface area (Å²) in [4.78, 5) is 9.07. The van der Waals surface area contributed by atoms with E-state index in [9.17, 15) is 18.1 Å². The van der Waals surface area contributed by atoms with Crippen molar-refractivity contribution in [3.8, 4) is 6.07 Å². The molecule has 1 aromatic heterocycles. The molecule has 0 spiro atoms. The summed E-state index contributed by atoms with van der Waals surface area (Å²) in [5.41, 5.74) is 2.73. The molecule has 1 atom stereocenters. The normalized spacial score (nSPS) is 12.3. The Labute approximate surface area is 185 Å². The summed E-state index contributed by atoms with van der Waals surface area (Å²) in [5, 5.41) is 11.4. The van der Waals surface area contributed by atoms with Crippen molar-refractivity contribution in [3.05, 3.63) is 95.4 Å². The van der Waals surface area contributed by atoms with Gasteiger partial charge in [-0.1, -0.05) is 42.0 Å². The third-order valence-corrected chi connectivity index (χ3v) is 6.87. The zero-order valence-corrected chi connectivity index (χ0v) is 18.0. The van der Waals surface area contributed by atoms with Crippen molar-refractivity contribution in [1.82, 2.24) is 9.97 Å². The van der Waals surface area contributed by atoms with Crippen LogP contribution >= 0.6 is 0 Å². The molecule has 160 valence electrons. The van der Waals surface area contributed by atoms with Gasteiger partial charge in [0.1, 0.15) is 11.5 Å². The van der Waals surface area contributed by atoms with Crippen LogP contribution in [-0.4, -0.2) is 18.4 Å². The Morgan fingerprint density at radius 3 is 2.22 bits per heavy atom. The monoisotopic (exact) mass is 446 g/mol. The molecule has 3 aromatic carbocycles. The number of sulfone groups is 1. The number of nitriles is 1. The Balaban J connectivity index is 1.79. The van der Waals surface area contributed by atoms with Crippen LogP contribution in [0.4, 0.5) is 10.2 Å². The van der Waals surface area contributed by atoms with Crippen LogP contribution in [0, 0.1) is 24.1 Å². The second-order valence-corrected chi connectivity index (χ2v) is 9.33. The van der Waals surface area contributed by atoms with Gasteiger partial charge in [-0.05, 0) is 48.9 Å². The summed E-state index contributed by atoms with van der Waals surface area (Å²) in [5.74, 6) is -0.163. The van der Waals surface area contributed by atoms with Crippen molar-refractivity contribution in [1.29, 1.82) is 5.26 Å². The lowest BCUT2D eigenvalue weighted by atomic mass is 10.2. The minimum Gasteiger partial charge on any atom is -0.364 e. The highest BCUT2D eigenvalue weighted by molar-refractivity contribution is 7.92. The van der Waals surface area contributed by atoms with Gasteiger partial charge in [0.15, 0.2) is 11.1 Å². The molecule has 0 saturated carbocycles. The molecular weight excluding hydrogens is 427 g/mol. The van der Waals surface area contributed by atoms with Gasteiger partial charge in [0.2, 0.25) is 9.84 Å². The number of hydrogen-bond donors (Lipinski definition) is 1. The lowest BCUT2D eigenvalue weighted by Gasteiger charge is -2.16. The number of halogens is 1. The van der Waals surface area contributed by atoms with Crippen LogP contribution in [0.5, 0.6) is 0 Å². The summed E-state index contributed by atoms with van der Waals surface area (Å²) >= 11 is 0. The van der Waals surface area contributed by atoms with E-state index in [-0.39, 0.29) is 28.8 Å². The number of fused-ring (bicyclic) bond motifs is 1. The molecule has 6 nitrogen and oxygen atoms in total. The van der Waals surface area contributed by atoms with Gasteiger partial charge >= 0.3 is 0 Å². The second-order valence-electron chi connectivity index (χ2n) is 7.29. The van der Waals surface area contributed by atoms with E-state index in [1.807, 2.05) is 13.0 Å². The zero-order valence-electron chi connectivity index (χ0n) is 17.2. The molecule has 4 aromatic rings. The predicted octanol–water partition coefficient (Wildman–Crippen LogP) is 4.73. The number of nitrogens with zero attached hydrogens (tertiary/aromatic N) is 3. The average molecular weight is 447 g/mol. The first-order valence-electron chi connectivity index (χ1n) is 9.83. The highest BCUT2D eigenvalue weighted by Gasteiger charge is 2.33. The van der Waals surface area contributed by atoms with Gasteiger partial charge in [0.25, 0.3) is 0 Å². The zero-order chi connectivity index (χ0) is 22.7. The van der Waals surface area contributed by atoms with E-state index >= 15 is 0 Å². The number of aromatic nitrogens is 2. The van der Waals surface area contributed by atoms with Crippen molar-refractivity contribution >= 4 is 26.7 Å². The van der Waals surface area contributed by atoms with Gasteiger partial charge in [-0.3, -0.25) is 0 Å². The number of nitrogens with one attached hydrogen (secondary N) is 1. The summed E-state index contributed by atoms with van der Waals surface area (Å²) < 4.78 is 39.8. The molecule has 0 aliphatic carbocycles. The number of aryl methyl sites for hydroxylation is 1. The maximum Gasteiger partial charge on any atom is 0.200 e. The predicted molar refractivity (Wildman–Crippen MR) is 120 cm³/mol. The van der Waals surface area contributed by atoms with Crippen LogP contribution in [0.25, 0.3) is 11.0 Å². The molecule has 0 fully saturated rings. The van der Waals surface area contributed by atoms with Crippen LogP contribution in [0.1, 0.15) is 22.1 Å². The maximum atomic E-state index is 13.3. The van der Waals surface area contributed by atoms with Crippen LogP contribution in [0.2, 0.25) is 0 Å². The first kappa shape index (κ1) is 21.4. The molecule has 1 N–H and O–H groups in total. The number of benzene rings is 3. The standard InChI is InChI=1S/C24H19FN4O2S/c1-16-6-12-19(13-7-16)32(30,31)22(14-26)23-24(27-15-17-8-10-18(25)11-9-17)29-21-5-3-2-4-20(21)28-23/h2-13,22H,15H2,1H3,(H,27,29)/t22-/m0/s1. The number of anilines is 1. The highest BCUT2D eigenvalue weighted by atomic mass is 32.2. The molecule has 1 heterocycles. The number of para-hydroxylation sites is 2. The van der Waals surface area contributed by atoms with Crippen LogP contribution in [0.3, 0.4) is 0 Å². The Morgan fingerprint density at radius 1 is 0.969 bits per heavy atom. The maximum absolute atomic E-state index is 13.3. The Hall–Kier alpha value is -3.83. The molecule has 0 aliphatic rings. The van der Waals surface area contributed by atoms with E-state index in [1.54, 1.807) is 48.5 Å².